The van der Waals surface area contributed by atoms with Crippen LogP contribution in [0.1, 0.15) is 33.6 Å². The minimum atomic E-state index is 0.757. The third kappa shape index (κ3) is 9.01. The van der Waals surface area contributed by atoms with Crippen LogP contribution in [0.2, 0.25) is 0 Å². The van der Waals surface area contributed by atoms with Crippen molar-refractivity contribution in [2.24, 2.45) is 4.99 Å². The van der Waals surface area contributed by atoms with Crippen molar-refractivity contribution in [3.05, 3.63) is 30.3 Å². The van der Waals surface area contributed by atoms with Gasteiger partial charge in [-0.1, -0.05) is 44.9 Å². The molecule has 0 saturated carbocycles. The van der Waals surface area contributed by atoms with Gasteiger partial charge in [0.05, 0.1) is 0 Å². The Morgan fingerprint density at radius 3 is 2.13 bits per heavy atom. The van der Waals surface area contributed by atoms with Gasteiger partial charge in [-0.25, -0.2) is 0 Å². The van der Waals surface area contributed by atoms with Crippen LogP contribution >= 0.6 is 0 Å². The summed E-state index contributed by atoms with van der Waals surface area (Å²) >= 11 is 0. The number of para-hydroxylation sites is 1. The van der Waals surface area contributed by atoms with E-state index in [-0.39, 0.29) is 0 Å². The van der Waals surface area contributed by atoms with E-state index >= 15 is 0 Å². The Labute approximate surface area is 93.0 Å². The summed E-state index contributed by atoms with van der Waals surface area (Å²) < 4.78 is 5.15. The minimum absolute atomic E-state index is 0.757. The van der Waals surface area contributed by atoms with Gasteiger partial charge in [-0.05, 0) is 19.1 Å². The van der Waals surface area contributed by atoms with E-state index in [1.165, 1.54) is 19.2 Å². The fourth-order valence-corrected chi connectivity index (χ4v) is 0.672. The highest BCUT2D eigenvalue weighted by Crippen LogP contribution is 2.06. The van der Waals surface area contributed by atoms with E-state index < -0.39 is 0 Å². The first-order valence-corrected chi connectivity index (χ1v) is 5.55. The molecule has 0 aliphatic rings. The van der Waals surface area contributed by atoms with E-state index in [4.69, 9.17) is 4.74 Å². The molecule has 0 heterocycles. The molecule has 1 aromatic rings. The zero-order valence-corrected chi connectivity index (χ0v) is 9.94. The van der Waals surface area contributed by atoms with Crippen LogP contribution in [-0.4, -0.2) is 12.9 Å². The van der Waals surface area contributed by atoms with Gasteiger partial charge in [-0.15, -0.1) is 0 Å². The Morgan fingerprint density at radius 1 is 1.07 bits per heavy atom. The molecule has 2 heteroatoms. The smallest absolute Gasteiger partial charge is 0.176 e. The van der Waals surface area contributed by atoms with Crippen LogP contribution in [0.15, 0.2) is 35.3 Å². The van der Waals surface area contributed by atoms with Gasteiger partial charge < -0.3 is 4.74 Å². The highest BCUT2D eigenvalue weighted by atomic mass is 16.5. The van der Waals surface area contributed by atoms with E-state index in [0.29, 0.717) is 0 Å². The monoisotopic (exact) mass is 207 g/mol. The zero-order chi connectivity index (χ0) is 11.4. The summed E-state index contributed by atoms with van der Waals surface area (Å²) in [6.45, 7) is 7.08. The number of hydrogen-bond donors (Lipinski definition) is 0. The maximum atomic E-state index is 5.15. The van der Waals surface area contributed by atoms with Gasteiger partial charge in [0.2, 0.25) is 0 Å². The predicted octanol–water partition coefficient (Wildman–Crippen LogP) is 3.92. The Morgan fingerprint density at radius 2 is 1.67 bits per heavy atom. The van der Waals surface area contributed by atoms with E-state index in [1.54, 1.807) is 0 Å². The zero-order valence-electron chi connectivity index (χ0n) is 9.94. The van der Waals surface area contributed by atoms with Crippen LogP contribution in [0.5, 0.6) is 5.75 Å². The van der Waals surface area contributed by atoms with Crippen molar-refractivity contribution in [1.29, 1.82) is 0 Å². The second kappa shape index (κ2) is 10.8. The number of nitrogens with zero attached hydrogens (tertiary/aromatic N) is 1. The second-order valence-corrected chi connectivity index (χ2v) is 3.04. The van der Waals surface area contributed by atoms with Crippen molar-refractivity contribution in [2.45, 2.75) is 33.6 Å². The quantitative estimate of drug-likeness (QED) is 0.541. The summed E-state index contributed by atoms with van der Waals surface area (Å²) in [5, 5.41) is 0. The molecule has 0 amide bonds. The lowest BCUT2D eigenvalue weighted by atomic mass is 10.3. The molecule has 84 valence electrons. The molecule has 0 aliphatic carbocycles. The third-order valence-electron chi connectivity index (χ3n) is 1.69. The molecule has 0 spiro atoms. The van der Waals surface area contributed by atoms with Crippen molar-refractivity contribution in [3.8, 4) is 5.75 Å². The molecule has 0 bridgehead atoms. The lowest BCUT2D eigenvalue weighted by molar-refractivity contribution is 0.571. The van der Waals surface area contributed by atoms with Gasteiger partial charge in [0.25, 0.3) is 0 Å². The number of rotatable bonds is 4. The molecule has 1 rings (SSSR count). The van der Waals surface area contributed by atoms with Gasteiger partial charge >= 0.3 is 0 Å². The number of aliphatic imine (C=N–C) groups is 1. The number of unbranched alkanes of at least 4 members (excludes halogenated alkanes) is 1. The third-order valence-corrected chi connectivity index (χ3v) is 1.69. The van der Waals surface area contributed by atoms with E-state index in [9.17, 15) is 0 Å². The highest BCUT2D eigenvalue weighted by Gasteiger charge is 1.84. The Kier molecular flexibility index (Phi) is 9.83. The largest absolute Gasteiger partial charge is 0.446 e. The number of ether oxygens (including phenoxy) is 1. The summed E-state index contributed by atoms with van der Waals surface area (Å²) in [5.74, 6) is 0.824. The molecule has 0 N–H and O–H groups in total. The Hall–Kier alpha value is -1.31. The van der Waals surface area contributed by atoms with Crippen LogP contribution < -0.4 is 4.74 Å². The van der Waals surface area contributed by atoms with E-state index in [0.717, 1.165) is 12.3 Å². The molecule has 0 unspecified atom stereocenters. The van der Waals surface area contributed by atoms with E-state index in [1.807, 2.05) is 37.3 Å². The van der Waals surface area contributed by atoms with Gasteiger partial charge in [-0.3, -0.25) is 4.99 Å². The van der Waals surface area contributed by atoms with Crippen molar-refractivity contribution in [2.75, 3.05) is 6.54 Å². The average molecular weight is 207 g/mol. The first kappa shape index (κ1) is 13.7. The molecular formula is C13H21NO. The minimum Gasteiger partial charge on any atom is -0.446 e. The SMILES string of the molecule is CCCC.CCN=COc1ccccc1. The Balaban J connectivity index is 0.000000423. The molecule has 0 fully saturated rings. The summed E-state index contributed by atoms with van der Waals surface area (Å²) in [6, 6.07) is 9.58. The summed E-state index contributed by atoms with van der Waals surface area (Å²) in [6.07, 6.45) is 4.11. The average Bonchev–Trinajstić information content (AvgIpc) is 2.31. The first-order chi connectivity index (χ1) is 7.35. The molecule has 1 aromatic carbocycles. The second-order valence-electron chi connectivity index (χ2n) is 3.04. The maximum Gasteiger partial charge on any atom is 0.176 e. The summed E-state index contributed by atoms with van der Waals surface area (Å²) in [5.41, 5.74) is 0. The van der Waals surface area contributed by atoms with Crippen LogP contribution in [0.4, 0.5) is 0 Å². The molecule has 0 aliphatic heterocycles. The molecule has 0 saturated heterocycles. The van der Waals surface area contributed by atoms with Crippen LogP contribution in [0.3, 0.4) is 0 Å². The number of benzene rings is 1. The standard InChI is InChI=1S/C9H11NO.C4H10/c1-2-10-8-11-9-6-4-3-5-7-9;1-3-4-2/h3-8H,2H2,1H3;3-4H2,1-2H3. The van der Waals surface area contributed by atoms with Crippen LogP contribution in [0.25, 0.3) is 0 Å². The van der Waals surface area contributed by atoms with Gasteiger partial charge in [0.1, 0.15) is 5.75 Å². The van der Waals surface area contributed by atoms with Crippen molar-refractivity contribution < 1.29 is 4.74 Å². The molecule has 0 atom stereocenters. The van der Waals surface area contributed by atoms with E-state index in [2.05, 4.69) is 18.8 Å². The normalized spacial score (nSPS) is 9.53. The lowest BCUT2D eigenvalue weighted by Gasteiger charge is -1.95. The molecule has 0 radical (unpaired) electrons. The van der Waals surface area contributed by atoms with Gasteiger partial charge in [0.15, 0.2) is 6.40 Å². The topological polar surface area (TPSA) is 21.6 Å². The first-order valence-electron chi connectivity index (χ1n) is 5.55. The van der Waals surface area contributed by atoms with Crippen LogP contribution in [-0.2, 0) is 0 Å². The van der Waals surface area contributed by atoms with Crippen molar-refractivity contribution in [1.82, 2.24) is 0 Å². The number of hydrogen-bond acceptors (Lipinski definition) is 2. The van der Waals surface area contributed by atoms with Crippen LogP contribution in [0, 0.1) is 0 Å². The molecule has 15 heavy (non-hydrogen) atoms. The predicted molar refractivity (Wildman–Crippen MR) is 66.7 cm³/mol. The maximum absolute atomic E-state index is 5.15. The lowest BCUT2D eigenvalue weighted by Crippen LogP contribution is -1.89. The molecule has 2 nitrogen and oxygen atoms in total. The van der Waals surface area contributed by atoms with Gasteiger partial charge in [0, 0.05) is 6.54 Å². The fourth-order valence-electron chi connectivity index (χ4n) is 0.672. The highest BCUT2D eigenvalue weighted by molar-refractivity contribution is 5.51. The van der Waals surface area contributed by atoms with Crippen molar-refractivity contribution in [3.63, 3.8) is 0 Å². The van der Waals surface area contributed by atoms with Gasteiger partial charge in [-0.2, -0.15) is 0 Å². The summed E-state index contributed by atoms with van der Waals surface area (Å²) in [4.78, 5) is 3.92. The Bertz CT molecular complexity index is 242. The molecule has 0 aromatic heterocycles. The van der Waals surface area contributed by atoms with Crippen molar-refractivity contribution >= 4 is 6.40 Å². The summed E-state index contributed by atoms with van der Waals surface area (Å²) in [7, 11) is 0. The fraction of sp³-hybridized carbons (Fsp3) is 0.462. The molecular weight excluding hydrogens is 186 g/mol.